The Morgan fingerprint density at radius 1 is 1.30 bits per heavy atom. The van der Waals surface area contributed by atoms with Crippen molar-refractivity contribution in [1.29, 1.82) is 0 Å². The Morgan fingerprint density at radius 3 is 2.55 bits per heavy atom. The van der Waals surface area contributed by atoms with Crippen molar-refractivity contribution in [2.45, 2.75) is 33.1 Å². The molecule has 0 saturated carbocycles. The second-order valence-corrected chi connectivity index (χ2v) is 5.73. The molecule has 0 fully saturated rings. The molecule has 106 valence electrons. The largest absolute Gasteiger partial charge is 0.496 e. The van der Waals surface area contributed by atoms with Crippen LogP contribution in [0.2, 0.25) is 0 Å². The van der Waals surface area contributed by atoms with Gasteiger partial charge in [-0.2, -0.15) is 0 Å². The van der Waals surface area contributed by atoms with Crippen molar-refractivity contribution in [3.05, 3.63) is 35.4 Å². The van der Waals surface area contributed by atoms with E-state index in [0.29, 0.717) is 23.6 Å². The van der Waals surface area contributed by atoms with Crippen molar-refractivity contribution in [3.8, 4) is 17.0 Å². The van der Waals surface area contributed by atoms with Crippen LogP contribution in [0.4, 0.5) is 0 Å². The van der Waals surface area contributed by atoms with Gasteiger partial charge < -0.3 is 9.15 Å². The maximum Gasteiger partial charge on any atom is 0.195 e. The van der Waals surface area contributed by atoms with Crippen LogP contribution in [-0.2, 0) is 5.41 Å². The number of carbonyl (C=O) groups is 1. The highest BCUT2D eigenvalue weighted by Gasteiger charge is 2.20. The lowest BCUT2D eigenvalue weighted by Crippen LogP contribution is -2.11. The van der Waals surface area contributed by atoms with E-state index in [-0.39, 0.29) is 11.2 Å². The summed E-state index contributed by atoms with van der Waals surface area (Å²) in [5.74, 6) is 1.37. The molecule has 0 aliphatic heterocycles. The molecule has 0 saturated heterocycles. The van der Waals surface area contributed by atoms with E-state index in [2.05, 4.69) is 25.8 Å². The van der Waals surface area contributed by atoms with E-state index >= 15 is 0 Å². The van der Waals surface area contributed by atoms with Gasteiger partial charge >= 0.3 is 0 Å². The first-order valence-electron chi connectivity index (χ1n) is 6.48. The minimum Gasteiger partial charge on any atom is -0.496 e. The monoisotopic (exact) mass is 273 g/mol. The van der Waals surface area contributed by atoms with E-state index in [9.17, 15) is 4.79 Å². The molecule has 0 amide bonds. The smallest absolute Gasteiger partial charge is 0.195 e. The molecule has 1 heterocycles. The molecular formula is C16H19NO3. The molecule has 2 rings (SSSR count). The zero-order valence-electron chi connectivity index (χ0n) is 12.5. The van der Waals surface area contributed by atoms with Gasteiger partial charge in [0.2, 0.25) is 0 Å². The lowest BCUT2D eigenvalue weighted by Gasteiger charge is -2.20. The lowest BCUT2D eigenvalue weighted by molar-refractivity contribution is 0.110. The molecule has 1 aromatic heterocycles. The minimum absolute atomic E-state index is 0.00113. The van der Waals surface area contributed by atoms with Crippen LogP contribution < -0.4 is 4.74 Å². The van der Waals surface area contributed by atoms with Gasteiger partial charge in [-0.1, -0.05) is 26.8 Å². The number of hydrogen-bond donors (Lipinski definition) is 0. The SMILES string of the molecule is COc1ccc(C(C)(C)C)cc1-c1nc(C)oc1C=O. The van der Waals surface area contributed by atoms with E-state index in [1.165, 1.54) is 0 Å². The molecule has 0 aliphatic rings. The average Bonchev–Trinajstić information content (AvgIpc) is 2.78. The van der Waals surface area contributed by atoms with Crippen LogP contribution in [-0.4, -0.2) is 18.4 Å². The summed E-state index contributed by atoms with van der Waals surface area (Å²) >= 11 is 0. The number of aldehydes is 1. The van der Waals surface area contributed by atoms with Gasteiger partial charge in [-0.05, 0) is 23.1 Å². The van der Waals surface area contributed by atoms with E-state index in [0.717, 1.165) is 11.1 Å². The Hall–Kier alpha value is -2.10. The predicted molar refractivity (Wildman–Crippen MR) is 77.3 cm³/mol. The molecule has 0 radical (unpaired) electrons. The summed E-state index contributed by atoms with van der Waals surface area (Å²) in [6.07, 6.45) is 0.679. The van der Waals surface area contributed by atoms with E-state index < -0.39 is 0 Å². The molecule has 2 aromatic rings. The van der Waals surface area contributed by atoms with Crippen LogP contribution in [0.1, 0.15) is 42.8 Å². The highest BCUT2D eigenvalue weighted by atomic mass is 16.5. The fourth-order valence-corrected chi connectivity index (χ4v) is 2.08. The number of rotatable bonds is 3. The van der Waals surface area contributed by atoms with Crippen LogP contribution in [0.15, 0.2) is 22.6 Å². The van der Waals surface area contributed by atoms with Crippen molar-refractivity contribution >= 4 is 6.29 Å². The van der Waals surface area contributed by atoms with E-state index in [4.69, 9.17) is 9.15 Å². The van der Waals surface area contributed by atoms with Crippen LogP contribution in [0.3, 0.4) is 0 Å². The second kappa shape index (κ2) is 5.12. The Morgan fingerprint density at radius 2 is 2.00 bits per heavy atom. The normalized spacial score (nSPS) is 11.4. The third-order valence-corrected chi connectivity index (χ3v) is 3.19. The molecule has 0 spiro atoms. The first kappa shape index (κ1) is 14.3. The summed E-state index contributed by atoms with van der Waals surface area (Å²) in [6, 6.07) is 5.92. The van der Waals surface area contributed by atoms with Gasteiger partial charge in [0.05, 0.1) is 7.11 Å². The van der Waals surface area contributed by atoms with Gasteiger partial charge in [-0.15, -0.1) is 0 Å². The average molecular weight is 273 g/mol. The number of carbonyl (C=O) groups excluding carboxylic acids is 1. The van der Waals surface area contributed by atoms with Crippen LogP contribution >= 0.6 is 0 Å². The molecule has 0 N–H and O–H groups in total. The third kappa shape index (κ3) is 2.59. The molecule has 1 aromatic carbocycles. The highest BCUT2D eigenvalue weighted by Crippen LogP contribution is 2.35. The van der Waals surface area contributed by atoms with Crippen LogP contribution in [0, 0.1) is 6.92 Å². The van der Waals surface area contributed by atoms with Crippen LogP contribution in [0.5, 0.6) is 5.75 Å². The topological polar surface area (TPSA) is 52.3 Å². The maximum absolute atomic E-state index is 11.1. The number of ether oxygens (including phenoxy) is 1. The Labute approximate surface area is 118 Å². The quantitative estimate of drug-likeness (QED) is 0.799. The summed E-state index contributed by atoms with van der Waals surface area (Å²) in [5.41, 5.74) is 2.45. The van der Waals surface area contributed by atoms with Crippen molar-refractivity contribution in [3.63, 3.8) is 0 Å². The molecule has 0 unspecified atom stereocenters. The highest BCUT2D eigenvalue weighted by molar-refractivity contribution is 5.84. The molecule has 4 nitrogen and oxygen atoms in total. The number of benzene rings is 1. The first-order valence-corrected chi connectivity index (χ1v) is 6.48. The fraction of sp³-hybridized carbons (Fsp3) is 0.375. The second-order valence-electron chi connectivity index (χ2n) is 5.73. The van der Waals surface area contributed by atoms with Crippen LogP contribution in [0.25, 0.3) is 11.3 Å². The Bertz CT molecular complexity index is 636. The molecular weight excluding hydrogens is 254 g/mol. The van der Waals surface area contributed by atoms with Gasteiger partial charge in [0, 0.05) is 12.5 Å². The van der Waals surface area contributed by atoms with Crippen molar-refractivity contribution in [1.82, 2.24) is 4.98 Å². The number of aryl methyl sites for hydroxylation is 1. The predicted octanol–water partition coefficient (Wildman–Crippen LogP) is 3.77. The summed E-state index contributed by atoms with van der Waals surface area (Å²) < 4.78 is 10.7. The number of methoxy groups -OCH3 is 1. The molecule has 0 aliphatic carbocycles. The zero-order valence-corrected chi connectivity index (χ0v) is 12.5. The Kier molecular flexibility index (Phi) is 3.66. The van der Waals surface area contributed by atoms with Crippen molar-refractivity contribution < 1.29 is 13.9 Å². The maximum atomic E-state index is 11.1. The number of oxazole rings is 1. The zero-order chi connectivity index (χ0) is 14.9. The van der Waals surface area contributed by atoms with Gasteiger partial charge in [-0.3, -0.25) is 4.79 Å². The van der Waals surface area contributed by atoms with Gasteiger partial charge in [0.15, 0.2) is 17.9 Å². The number of hydrogen-bond acceptors (Lipinski definition) is 4. The summed E-state index contributed by atoms with van der Waals surface area (Å²) in [7, 11) is 1.60. The van der Waals surface area contributed by atoms with Crippen molar-refractivity contribution in [2.24, 2.45) is 0 Å². The molecule has 4 heteroatoms. The third-order valence-electron chi connectivity index (χ3n) is 3.19. The standard InChI is InChI=1S/C16H19NO3/c1-10-17-15(14(9-18)20-10)12-8-11(16(2,3)4)6-7-13(12)19-5/h6-9H,1-5H3. The van der Waals surface area contributed by atoms with E-state index in [1.807, 2.05) is 18.2 Å². The number of aromatic nitrogens is 1. The van der Waals surface area contributed by atoms with Gasteiger partial charge in [-0.25, -0.2) is 4.98 Å². The molecule has 0 atom stereocenters. The Balaban J connectivity index is 2.67. The number of nitrogens with zero attached hydrogens (tertiary/aromatic N) is 1. The van der Waals surface area contributed by atoms with Gasteiger partial charge in [0.25, 0.3) is 0 Å². The summed E-state index contributed by atoms with van der Waals surface area (Å²) in [6.45, 7) is 8.12. The lowest BCUT2D eigenvalue weighted by atomic mass is 9.85. The minimum atomic E-state index is 0.00113. The fourth-order valence-electron chi connectivity index (χ4n) is 2.08. The first-order chi connectivity index (χ1) is 9.36. The molecule has 0 bridgehead atoms. The summed E-state index contributed by atoms with van der Waals surface area (Å²) in [4.78, 5) is 15.4. The summed E-state index contributed by atoms with van der Waals surface area (Å²) in [5, 5.41) is 0. The van der Waals surface area contributed by atoms with E-state index in [1.54, 1.807) is 14.0 Å². The van der Waals surface area contributed by atoms with Crippen molar-refractivity contribution in [2.75, 3.05) is 7.11 Å². The van der Waals surface area contributed by atoms with Gasteiger partial charge in [0.1, 0.15) is 11.4 Å². The molecule has 20 heavy (non-hydrogen) atoms.